The van der Waals surface area contributed by atoms with Crippen LogP contribution in [0.2, 0.25) is 0 Å². The number of hydrogen-bond donors (Lipinski definition) is 2. The Morgan fingerprint density at radius 3 is 2.94 bits per heavy atom. The molecule has 1 aromatic carbocycles. The molecule has 0 radical (unpaired) electrons. The van der Waals surface area contributed by atoms with E-state index in [2.05, 4.69) is 10.6 Å². The van der Waals surface area contributed by atoms with Crippen molar-refractivity contribution in [2.75, 3.05) is 23.4 Å². The molecule has 1 aliphatic heterocycles. The van der Waals surface area contributed by atoms with E-state index in [4.69, 9.17) is 0 Å². The third-order valence-electron chi connectivity index (χ3n) is 2.49. The Kier molecular flexibility index (Phi) is 4.25. The number of hydrogen-bond acceptors (Lipinski definition) is 3. The second-order valence-corrected chi connectivity index (χ2v) is 4.99. The van der Waals surface area contributed by atoms with Gasteiger partial charge in [-0.1, -0.05) is 18.2 Å². The van der Waals surface area contributed by atoms with E-state index in [9.17, 15) is 4.79 Å². The lowest BCUT2D eigenvalue weighted by atomic mass is 10.2. The Morgan fingerprint density at radius 1 is 1.44 bits per heavy atom. The van der Waals surface area contributed by atoms with Gasteiger partial charge in [0.25, 0.3) is 0 Å². The van der Waals surface area contributed by atoms with Crippen molar-refractivity contribution < 1.29 is 4.79 Å². The third kappa shape index (κ3) is 3.54. The van der Waals surface area contributed by atoms with E-state index >= 15 is 0 Å². The molecule has 1 amide bonds. The van der Waals surface area contributed by atoms with E-state index in [1.807, 2.05) is 42.1 Å². The average molecular weight is 236 g/mol. The van der Waals surface area contributed by atoms with E-state index in [1.54, 1.807) is 0 Å². The molecule has 0 saturated carbocycles. The topological polar surface area (TPSA) is 41.1 Å². The molecule has 1 saturated heterocycles. The van der Waals surface area contributed by atoms with Crippen molar-refractivity contribution in [3.8, 4) is 0 Å². The van der Waals surface area contributed by atoms with E-state index in [-0.39, 0.29) is 5.91 Å². The van der Waals surface area contributed by atoms with Crippen LogP contribution in [-0.2, 0) is 4.79 Å². The van der Waals surface area contributed by atoms with Gasteiger partial charge < -0.3 is 10.6 Å². The van der Waals surface area contributed by atoms with Crippen LogP contribution in [0.3, 0.4) is 0 Å². The number of thioether (sulfide) groups is 1. The van der Waals surface area contributed by atoms with Crippen molar-refractivity contribution in [3.05, 3.63) is 30.3 Å². The van der Waals surface area contributed by atoms with Crippen molar-refractivity contribution in [2.24, 2.45) is 0 Å². The van der Waals surface area contributed by atoms with Crippen LogP contribution < -0.4 is 10.6 Å². The zero-order valence-electron chi connectivity index (χ0n) is 9.11. The van der Waals surface area contributed by atoms with Crippen molar-refractivity contribution in [3.63, 3.8) is 0 Å². The van der Waals surface area contributed by atoms with Gasteiger partial charge in [-0.2, -0.15) is 11.8 Å². The molecule has 0 aromatic heterocycles. The highest BCUT2D eigenvalue weighted by Crippen LogP contribution is 2.12. The summed E-state index contributed by atoms with van der Waals surface area (Å²) >= 11 is 1.91. The van der Waals surface area contributed by atoms with Crippen molar-refractivity contribution >= 4 is 23.4 Å². The summed E-state index contributed by atoms with van der Waals surface area (Å²) in [5.74, 6) is 2.27. The van der Waals surface area contributed by atoms with Gasteiger partial charge in [0.2, 0.25) is 5.91 Å². The van der Waals surface area contributed by atoms with Gasteiger partial charge in [0.15, 0.2) is 0 Å². The van der Waals surface area contributed by atoms with Gasteiger partial charge in [-0.25, -0.2) is 0 Å². The summed E-state index contributed by atoms with van der Waals surface area (Å²) < 4.78 is 0. The van der Waals surface area contributed by atoms with Crippen LogP contribution in [0, 0.1) is 0 Å². The van der Waals surface area contributed by atoms with Crippen LogP contribution in [0.1, 0.15) is 6.42 Å². The zero-order chi connectivity index (χ0) is 11.2. The fraction of sp³-hybridized carbons (Fsp3) is 0.417. The predicted octanol–water partition coefficient (Wildman–Crippen LogP) is 1.72. The highest BCUT2D eigenvalue weighted by molar-refractivity contribution is 7.99. The van der Waals surface area contributed by atoms with Gasteiger partial charge >= 0.3 is 0 Å². The number of carbonyl (C=O) groups excluding carboxylic acids is 1. The number of anilines is 1. The molecule has 3 nitrogen and oxygen atoms in total. The van der Waals surface area contributed by atoms with Crippen molar-refractivity contribution in [2.45, 2.75) is 12.5 Å². The fourth-order valence-electron chi connectivity index (χ4n) is 1.71. The summed E-state index contributed by atoms with van der Waals surface area (Å²) in [5.41, 5.74) is 0.871. The minimum absolute atomic E-state index is 0.0891. The van der Waals surface area contributed by atoms with Crippen LogP contribution in [0.5, 0.6) is 0 Å². The highest BCUT2D eigenvalue weighted by atomic mass is 32.2. The number of carbonyl (C=O) groups is 1. The normalized spacial score (nSPS) is 20.4. The van der Waals surface area contributed by atoms with Gasteiger partial charge in [0, 0.05) is 36.2 Å². The molecule has 1 atom stereocenters. The molecule has 0 spiro atoms. The maximum Gasteiger partial charge on any atom is 0.225 e. The molecular formula is C12H16N2OS. The first kappa shape index (κ1) is 11.5. The SMILES string of the molecule is O=C(CC1CSCCN1)Nc1ccccc1. The molecule has 2 N–H and O–H groups in total. The summed E-state index contributed by atoms with van der Waals surface area (Å²) in [5, 5.41) is 6.26. The Hall–Kier alpha value is -1.00. The smallest absolute Gasteiger partial charge is 0.225 e. The number of para-hydroxylation sites is 1. The maximum atomic E-state index is 11.7. The lowest BCUT2D eigenvalue weighted by molar-refractivity contribution is -0.116. The average Bonchev–Trinajstić information content (AvgIpc) is 2.31. The van der Waals surface area contributed by atoms with Gasteiger partial charge in [0.1, 0.15) is 0 Å². The van der Waals surface area contributed by atoms with E-state index < -0.39 is 0 Å². The fourth-order valence-corrected chi connectivity index (χ4v) is 2.66. The second-order valence-electron chi connectivity index (χ2n) is 3.84. The van der Waals surface area contributed by atoms with Gasteiger partial charge in [-0.15, -0.1) is 0 Å². The summed E-state index contributed by atoms with van der Waals surface area (Å²) in [6.07, 6.45) is 0.557. The van der Waals surface area contributed by atoms with Gasteiger partial charge in [-0.3, -0.25) is 4.79 Å². The molecule has 1 fully saturated rings. The molecule has 2 rings (SSSR count). The molecular weight excluding hydrogens is 220 g/mol. The largest absolute Gasteiger partial charge is 0.326 e. The molecule has 1 unspecified atom stereocenters. The lowest BCUT2D eigenvalue weighted by Gasteiger charge is -2.22. The van der Waals surface area contributed by atoms with Crippen LogP contribution >= 0.6 is 11.8 Å². The van der Waals surface area contributed by atoms with Gasteiger partial charge in [0.05, 0.1) is 0 Å². The van der Waals surface area contributed by atoms with Crippen LogP contribution in [0.15, 0.2) is 30.3 Å². The number of nitrogens with one attached hydrogen (secondary N) is 2. The van der Waals surface area contributed by atoms with Crippen molar-refractivity contribution in [1.29, 1.82) is 0 Å². The van der Waals surface area contributed by atoms with Gasteiger partial charge in [-0.05, 0) is 12.1 Å². The minimum atomic E-state index is 0.0891. The number of amides is 1. The first-order chi connectivity index (χ1) is 7.84. The molecule has 4 heteroatoms. The molecule has 0 aliphatic carbocycles. The predicted molar refractivity (Wildman–Crippen MR) is 68.8 cm³/mol. The van der Waals surface area contributed by atoms with E-state index in [1.165, 1.54) is 0 Å². The van der Waals surface area contributed by atoms with E-state index in [0.717, 1.165) is 23.7 Å². The Balaban J connectivity index is 1.80. The van der Waals surface area contributed by atoms with E-state index in [0.29, 0.717) is 12.5 Å². The molecule has 1 aromatic rings. The first-order valence-corrected chi connectivity index (χ1v) is 6.66. The number of rotatable bonds is 3. The molecule has 0 bridgehead atoms. The maximum absolute atomic E-state index is 11.7. The quantitative estimate of drug-likeness (QED) is 0.839. The van der Waals surface area contributed by atoms with Crippen LogP contribution in [0.25, 0.3) is 0 Å². The molecule has 1 heterocycles. The standard InChI is InChI=1S/C12H16N2OS/c15-12(8-11-9-16-7-6-13-11)14-10-4-2-1-3-5-10/h1-5,11,13H,6-9H2,(H,14,15). The summed E-state index contributed by atoms with van der Waals surface area (Å²) in [6, 6.07) is 9.91. The highest BCUT2D eigenvalue weighted by Gasteiger charge is 2.16. The minimum Gasteiger partial charge on any atom is -0.326 e. The Labute approximate surface area is 100.0 Å². The first-order valence-electron chi connectivity index (χ1n) is 5.50. The molecule has 16 heavy (non-hydrogen) atoms. The Bertz CT molecular complexity index is 336. The van der Waals surface area contributed by atoms with Crippen LogP contribution in [-0.4, -0.2) is 30.0 Å². The Morgan fingerprint density at radius 2 is 2.25 bits per heavy atom. The summed E-state index contributed by atoms with van der Waals surface area (Å²) in [6.45, 7) is 1.01. The third-order valence-corrected chi connectivity index (χ3v) is 3.62. The van der Waals surface area contributed by atoms with Crippen LogP contribution in [0.4, 0.5) is 5.69 Å². The second kappa shape index (κ2) is 5.92. The summed E-state index contributed by atoms with van der Waals surface area (Å²) in [4.78, 5) is 11.7. The number of benzene rings is 1. The monoisotopic (exact) mass is 236 g/mol. The zero-order valence-corrected chi connectivity index (χ0v) is 9.93. The van der Waals surface area contributed by atoms with Crippen molar-refractivity contribution in [1.82, 2.24) is 5.32 Å². The summed E-state index contributed by atoms with van der Waals surface area (Å²) in [7, 11) is 0. The lowest BCUT2D eigenvalue weighted by Crippen LogP contribution is -2.39. The molecule has 86 valence electrons. The molecule has 1 aliphatic rings.